The summed E-state index contributed by atoms with van der Waals surface area (Å²) in [6, 6.07) is 1.80. The van der Waals surface area contributed by atoms with E-state index in [1.807, 2.05) is 13.8 Å². The summed E-state index contributed by atoms with van der Waals surface area (Å²) in [5.41, 5.74) is 1.50. The number of nitrogens with one attached hydrogen (secondary N) is 2. The number of hydrogen-bond acceptors (Lipinski definition) is 6. The Labute approximate surface area is 148 Å². The first-order valence-electron chi connectivity index (χ1n) is 7.60. The van der Waals surface area contributed by atoms with Crippen LogP contribution in [0.4, 0.5) is 5.95 Å². The van der Waals surface area contributed by atoms with Crippen molar-refractivity contribution in [3.8, 4) is 0 Å². The van der Waals surface area contributed by atoms with Crippen molar-refractivity contribution in [1.29, 1.82) is 0 Å². The fourth-order valence-corrected chi connectivity index (χ4v) is 3.32. The van der Waals surface area contributed by atoms with Crippen LogP contribution in [0.1, 0.15) is 25.5 Å². The Hall–Kier alpha value is -1.09. The molecule has 1 saturated heterocycles. The first-order chi connectivity index (χ1) is 11.3. The first kappa shape index (κ1) is 17.7. The SMILES string of the molecule is CC(C)Nc1nc2c([C@@H]3O[C@@H](CO)[C@H](O)[C@H]3O)c(Cl)c(Cl)cc2[nH]1. The Balaban J connectivity index is 2.12. The highest BCUT2D eigenvalue weighted by Gasteiger charge is 2.45. The lowest BCUT2D eigenvalue weighted by molar-refractivity contribution is -0.0223. The van der Waals surface area contributed by atoms with Crippen LogP contribution < -0.4 is 5.32 Å². The summed E-state index contributed by atoms with van der Waals surface area (Å²) in [4.78, 5) is 7.56. The van der Waals surface area contributed by atoms with Gasteiger partial charge in [0.2, 0.25) is 5.95 Å². The van der Waals surface area contributed by atoms with E-state index < -0.39 is 31.0 Å². The Morgan fingerprint density at radius 3 is 2.62 bits per heavy atom. The van der Waals surface area contributed by atoms with E-state index >= 15 is 0 Å². The molecule has 0 unspecified atom stereocenters. The standard InChI is InChI=1S/C15H19Cl2N3O4/c1-5(2)18-15-19-7-3-6(16)10(17)9(11(7)20-15)14-13(23)12(22)8(4-21)24-14/h3,5,8,12-14,21-23H,4H2,1-2H3,(H2,18,19,20)/t8-,12-,13+,14-/m0/s1. The number of halogens is 2. The molecule has 132 valence electrons. The van der Waals surface area contributed by atoms with E-state index in [-0.39, 0.29) is 16.1 Å². The second kappa shape index (κ2) is 6.67. The van der Waals surface area contributed by atoms with E-state index in [0.717, 1.165) is 0 Å². The third kappa shape index (κ3) is 2.96. The maximum Gasteiger partial charge on any atom is 0.201 e. The zero-order chi connectivity index (χ0) is 17.6. The third-order valence-electron chi connectivity index (χ3n) is 3.96. The van der Waals surface area contributed by atoms with Gasteiger partial charge in [-0.15, -0.1) is 0 Å². The predicted molar refractivity (Wildman–Crippen MR) is 91.6 cm³/mol. The van der Waals surface area contributed by atoms with Crippen molar-refractivity contribution in [1.82, 2.24) is 9.97 Å². The summed E-state index contributed by atoms with van der Waals surface area (Å²) in [7, 11) is 0. The highest BCUT2D eigenvalue weighted by molar-refractivity contribution is 6.43. The normalized spacial score (nSPS) is 27.3. The molecule has 2 heterocycles. The molecule has 5 N–H and O–H groups in total. The molecule has 24 heavy (non-hydrogen) atoms. The van der Waals surface area contributed by atoms with E-state index in [1.165, 1.54) is 0 Å². The van der Waals surface area contributed by atoms with E-state index in [0.29, 0.717) is 22.5 Å². The molecule has 9 heteroatoms. The first-order valence-corrected chi connectivity index (χ1v) is 8.35. The summed E-state index contributed by atoms with van der Waals surface area (Å²) in [6.07, 6.45) is -4.32. The molecule has 4 atom stereocenters. The Kier molecular flexibility index (Phi) is 4.92. The van der Waals surface area contributed by atoms with E-state index in [1.54, 1.807) is 6.07 Å². The molecule has 1 aromatic carbocycles. The minimum absolute atomic E-state index is 0.161. The molecule has 0 bridgehead atoms. The number of aromatic nitrogens is 2. The quantitative estimate of drug-likeness (QED) is 0.557. The largest absolute Gasteiger partial charge is 0.394 e. The number of nitrogens with zero attached hydrogens (tertiary/aromatic N) is 1. The second-order valence-electron chi connectivity index (χ2n) is 6.13. The number of fused-ring (bicyclic) bond motifs is 1. The minimum atomic E-state index is -1.25. The van der Waals surface area contributed by atoms with Crippen LogP contribution in [0.3, 0.4) is 0 Å². The van der Waals surface area contributed by atoms with Crippen molar-refractivity contribution in [2.75, 3.05) is 11.9 Å². The van der Waals surface area contributed by atoms with Gasteiger partial charge < -0.3 is 30.4 Å². The van der Waals surface area contributed by atoms with Crippen LogP contribution in [0, 0.1) is 0 Å². The molecule has 0 aliphatic carbocycles. The zero-order valence-electron chi connectivity index (χ0n) is 13.1. The van der Waals surface area contributed by atoms with Gasteiger partial charge in [-0.2, -0.15) is 0 Å². The number of hydrogen-bond donors (Lipinski definition) is 5. The monoisotopic (exact) mass is 375 g/mol. The maximum absolute atomic E-state index is 10.3. The van der Waals surface area contributed by atoms with Crippen LogP contribution in [0.5, 0.6) is 0 Å². The molecule has 0 saturated carbocycles. The molecule has 1 aliphatic rings. The number of imidazole rings is 1. The summed E-state index contributed by atoms with van der Waals surface area (Å²) >= 11 is 12.5. The average molecular weight is 376 g/mol. The predicted octanol–water partition coefficient (Wildman–Crippen LogP) is 1.84. The fourth-order valence-electron chi connectivity index (χ4n) is 2.86. The Bertz CT molecular complexity index is 752. The number of aliphatic hydroxyl groups is 3. The van der Waals surface area contributed by atoms with Crippen LogP contribution in [-0.4, -0.2) is 56.2 Å². The van der Waals surface area contributed by atoms with Crippen LogP contribution in [-0.2, 0) is 4.74 Å². The molecule has 0 radical (unpaired) electrons. The van der Waals surface area contributed by atoms with Crippen molar-refractivity contribution in [2.45, 2.75) is 44.3 Å². The Morgan fingerprint density at radius 2 is 2.04 bits per heavy atom. The highest BCUT2D eigenvalue weighted by Crippen LogP contribution is 2.43. The zero-order valence-corrected chi connectivity index (χ0v) is 14.6. The van der Waals surface area contributed by atoms with Crippen molar-refractivity contribution in [3.05, 3.63) is 21.7 Å². The minimum Gasteiger partial charge on any atom is -0.394 e. The van der Waals surface area contributed by atoms with Gasteiger partial charge in [0.1, 0.15) is 24.4 Å². The summed E-state index contributed by atoms with van der Waals surface area (Å²) < 4.78 is 5.59. The lowest BCUT2D eigenvalue weighted by atomic mass is 10.00. The van der Waals surface area contributed by atoms with E-state index in [9.17, 15) is 15.3 Å². The number of ether oxygens (including phenoxy) is 1. The van der Waals surface area contributed by atoms with Gasteiger partial charge in [-0.25, -0.2) is 4.98 Å². The molecule has 2 aromatic rings. The number of H-pyrrole nitrogens is 1. The van der Waals surface area contributed by atoms with Crippen LogP contribution >= 0.6 is 23.2 Å². The van der Waals surface area contributed by atoms with Gasteiger partial charge in [-0.3, -0.25) is 0 Å². The van der Waals surface area contributed by atoms with Gasteiger partial charge in [-0.1, -0.05) is 23.2 Å². The lowest BCUT2D eigenvalue weighted by Crippen LogP contribution is -2.32. The molecule has 3 rings (SSSR count). The number of aliphatic hydroxyl groups excluding tert-OH is 3. The highest BCUT2D eigenvalue weighted by atomic mass is 35.5. The van der Waals surface area contributed by atoms with Gasteiger partial charge in [0.05, 0.1) is 27.7 Å². The number of benzene rings is 1. The molecular formula is C15H19Cl2N3O4. The number of rotatable bonds is 4. The molecule has 1 fully saturated rings. The van der Waals surface area contributed by atoms with Crippen molar-refractivity contribution in [3.63, 3.8) is 0 Å². The molecular weight excluding hydrogens is 357 g/mol. The van der Waals surface area contributed by atoms with Gasteiger partial charge >= 0.3 is 0 Å². The molecule has 7 nitrogen and oxygen atoms in total. The number of aromatic amines is 1. The summed E-state index contributed by atoms with van der Waals surface area (Å²) in [5.74, 6) is 0.534. The van der Waals surface area contributed by atoms with Crippen molar-refractivity contribution < 1.29 is 20.1 Å². The maximum atomic E-state index is 10.3. The second-order valence-corrected chi connectivity index (χ2v) is 6.91. The smallest absolute Gasteiger partial charge is 0.201 e. The van der Waals surface area contributed by atoms with Gasteiger partial charge in [0.15, 0.2) is 0 Å². The van der Waals surface area contributed by atoms with Gasteiger partial charge in [0.25, 0.3) is 0 Å². The van der Waals surface area contributed by atoms with Crippen molar-refractivity contribution in [2.24, 2.45) is 0 Å². The summed E-state index contributed by atoms with van der Waals surface area (Å²) in [5, 5.41) is 33.2. The van der Waals surface area contributed by atoms with Crippen LogP contribution in [0.15, 0.2) is 6.07 Å². The number of anilines is 1. The van der Waals surface area contributed by atoms with E-state index in [4.69, 9.17) is 27.9 Å². The molecule has 0 amide bonds. The fraction of sp³-hybridized carbons (Fsp3) is 0.533. The molecule has 0 spiro atoms. The van der Waals surface area contributed by atoms with Gasteiger partial charge in [0, 0.05) is 11.6 Å². The molecule has 1 aliphatic heterocycles. The Morgan fingerprint density at radius 1 is 1.33 bits per heavy atom. The van der Waals surface area contributed by atoms with E-state index in [2.05, 4.69) is 15.3 Å². The third-order valence-corrected chi connectivity index (χ3v) is 4.76. The van der Waals surface area contributed by atoms with Gasteiger partial charge in [-0.05, 0) is 19.9 Å². The van der Waals surface area contributed by atoms with Crippen LogP contribution in [0.2, 0.25) is 10.0 Å². The molecule has 1 aromatic heterocycles. The summed E-state index contributed by atoms with van der Waals surface area (Å²) in [6.45, 7) is 3.52. The topological polar surface area (TPSA) is 111 Å². The van der Waals surface area contributed by atoms with Crippen LogP contribution in [0.25, 0.3) is 11.0 Å². The average Bonchev–Trinajstić information content (AvgIpc) is 3.02. The lowest BCUT2D eigenvalue weighted by Gasteiger charge is -2.17. The van der Waals surface area contributed by atoms with Crippen molar-refractivity contribution >= 4 is 40.2 Å².